The molecular formula is C21H28Si2. The molecule has 2 unspecified atom stereocenters. The van der Waals surface area contributed by atoms with Crippen LogP contribution in [0, 0.1) is 22.9 Å². The fraction of sp³-hybridized carbons (Fsp3) is 0.524. The van der Waals surface area contributed by atoms with Gasteiger partial charge in [-0.25, -0.2) is 0 Å². The maximum atomic E-state index is 3.56. The van der Waals surface area contributed by atoms with E-state index in [1.165, 1.54) is 30.4 Å². The first-order valence-corrected chi connectivity index (χ1v) is 15.9. The molecule has 2 bridgehead atoms. The van der Waals surface area contributed by atoms with Crippen molar-refractivity contribution in [2.24, 2.45) is 0 Å². The van der Waals surface area contributed by atoms with Crippen LogP contribution in [0.3, 0.4) is 0 Å². The lowest BCUT2D eigenvalue weighted by molar-refractivity contribution is 0.715. The first-order chi connectivity index (χ1) is 10.6. The van der Waals surface area contributed by atoms with E-state index in [1.807, 2.05) is 0 Å². The van der Waals surface area contributed by atoms with E-state index in [2.05, 4.69) is 74.3 Å². The van der Waals surface area contributed by atoms with Gasteiger partial charge in [0.1, 0.15) is 16.1 Å². The van der Waals surface area contributed by atoms with Crippen LogP contribution in [-0.2, 0) is 0 Å². The van der Waals surface area contributed by atoms with Gasteiger partial charge in [-0.3, -0.25) is 0 Å². The highest BCUT2D eigenvalue weighted by molar-refractivity contribution is 6.84. The quantitative estimate of drug-likeness (QED) is 0.433. The SMILES string of the molecule is C[Si](C)(C)C#Cc1ccc(C#C[Si](C)(C)C)c2c1C1CCC2C1. The average Bonchev–Trinajstić information content (AvgIpc) is 3.03. The molecule has 3 rings (SSSR count). The molecule has 0 heterocycles. The molecule has 1 fully saturated rings. The van der Waals surface area contributed by atoms with Crippen molar-refractivity contribution in [3.05, 3.63) is 34.4 Å². The molecule has 1 aromatic rings. The van der Waals surface area contributed by atoms with Crippen LogP contribution < -0.4 is 0 Å². The third-order valence-electron chi connectivity index (χ3n) is 4.68. The smallest absolute Gasteiger partial charge is 0.127 e. The zero-order valence-electron chi connectivity index (χ0n) is 15.4. The van der Waals surface area contributed by atoms with Crippen molar-refractivity contribution < 1.29 is 0 Å². The van der Waals surface area contributed by atoms with Crippen LogP contribution in [0.15, 0.2) is 12.1 Å². The second-order valence-electron chi connectivity index (χ2n) is 9.19. The van der Waals surface area contributed by atoms with Crippen molar-refractivity contribution >= 4 is 16.1 Å². The van der Waals surface area contributed by atoms with Gasteiger partial charge >= 0.3 is 0 Å². The molecule has 120 valence electrons. The van der Waals surface area contributed by atoms with E-state index >= 15 is 0 Å². The van der Waals surface area contributed by atoms with Gasteiger partial charge in [0.15, 0.2) is 0 Å². The fourth-order valence-electron chi connectivity index (χ4n) is 3.75. The number of hydrogen-bond acceptors (Lipinski definition) is 0. The van der Waals surface area contributed by atoms with Crippen molar-refractivity contribution in [1.82, 2.24) is 0 Å². The van der Waals surface area contributed by atoms with Gasteiger partial charge in [-0.1, -0.05) is 51.1 Å². The second kappa shape index (κ2) is 5.69. The van der Waals surface area contributed by atoms with Crippen molar-refractivity contribution in [1.29, 1.82) is 0 Å². The minimum Gasteiger partial charge on any atom is -0.127 e. The van der Waals surface area contributed by atoms with Crippen LogP contribution in [-0.4, -0.2) is 16.1 Å². The van der Waals surface area contributed by atoms with E-state index in [1.54, 1.807) is 11.1 Å². The van der Waals surface area contributed by atoms with Crippen molar-refractivity contribution in [3.63, 3.8) is 0 Å². The average molecular weight is 337 g/mol. The molecule has 0 radical (unpaired) electrons. The molecule has 0 N–H and O–H groups in total. The molecule has 0 saturated heterocycles. The monoisotopic (exact) mass is 336 g/mol. The Balaban J connectivity index is 2.10. The maximum Gasteiger partial charge on any atom is 0.129 e. The second-order valence-corrected chi connectivity index (χ2v) is 18.7. The molecule has 0 aliphatic heterocycles. The van der Waals surface area contributed by atoms with E-state index < -0.39 is 16.1 Å². The lowest BCUT2D eigenvalue weighted by Crippen LogP contribution is -2.17. The molecule has 2 aliphatic rings. The molecule has 1 saturated carbocycles. The van der Waals surface area contributed by atoms with Gasteiger partial charge in [0.2, 0.25) is 0 Å². The Hall–Kier alpha value is -1.23. The fourth-order valence-corrected chi connectivity index (χ4v) is 4.77. The Morgan fingerprint density at radius 1 is 0.739 bits per heavy atom. The normalized spacial score (nSPS) is 22.0. The minimum atomic E-state index is -1.33. The molecule has 0 amide bonds. The zero-order valence-corrected chi connectivity index (χ0v) is 17.4. The van der Waals surface area contributed by atoms with Gasteiger partial charge in [-0.15, -0.1) is 11.1 Å². The Morgan fingerprint density at radius 2 is 1.13 bits per heavy atom. The van der Waals surface area contributed by atoms with Crippen LogP contribution in [0.5, 0.6) is 0 Å². The summed E-state index contributed by atoms with van der Waals surface area (Å²) in [7, 11) is -2.66. The summed E-state index contributed by atoms with van der Waals surface area (Å²) in [5.41, 5.74) is 12.9. The Kier molecular flexibility index (Phi) is 4.11. The summed E-state index contributed by atoms with van der Waals surface area (Å²) in [4.78, 5) is 0. The van der Waals surface area contributed by atoms with Crippen LogP contribution >= 0.6 is 0 Å². The number of fused-ring (bicyclic) bond motifs is 5. The van der Waals surface area contributed by atoms with Crippen molar-refractivity contribution in [2.45, 2.75) is 70.4 Å². The molecule has 1 aromatic carbocycles. The van der Waals surface area contributed by atoms with Crippen molar-refractivity contribution in [2.75, 3.05) is 0 Å². The predicted molar refractivity (Wildman–Crippen MR) is 106 cm³/mol. The molecular weight excluding hydrogens is 308 g/mol. The van der Waals surface area contributed by atoms with E-state index in [-0.39, 0.29) is 0 Å². The standard InChI is InChI=1S/C21H28Si2/c1-22(2,3)13-11-16-7-8-17(12-14-23(4,5)6)21-19-10-9-18(15-19)20(16)21/h7-8,18-19H,9-10,15H2,1-6H3. The molecule has 0 nitrogen and oxygen atoms in total. The lowest BCUT2D eigenvalue weighted by Gasteiger charge is -2.19. The first-order valence-electron chi connectivity index (χ1n) is 8.87. The summed E-state index contributed by atoms with van der Waals surface area (Å²) < 4.78 is 0. The van der Waals surface area contributed by atoms with E-state index in [4.69, 9.17) is 0 Å². The number of hydrogen-bond donors (Lipinski definition) is 0. The molecule has 2 heteroatoms. The maximum absolute atomic E-state index is 3.56. The predicted octanol–water partition coefficient (Wildman–Crippen LogP) is 5.51. The van der Waals surface area contributed by atoms with Gasteiger partial charge in [0, 0.05) is 11.1 Å². The Bertz CT molecular complexity index is 687. The molecule has 2 aliphatic carbocycles. The van der Waals surface area contributed by atoms with Gasteiger partial charge in [0.25, 0.3) is 0 Å². The third-order valence-corrected chi connectivity index (χ3v) is 6.43. The Labute approximate surface area is 144 Å². The summed E-state index contributed by atoms with van der Waals surface area (Å²) in [5.74, 6) is 8.57. The Morgan fingerprint density at radius 3 is 1.48 bits per heavy atom. The number of rotatable bonds is 0. The number of benzene rings is 1. The molecule has 0 aromatic heterocycles. The summed E-state index contributed by atoms with van der Waals surface area (Å²) >= 11 is 0. The molecule has 23 heavy (non-hydrogen) atoms. The van der Waals surface area contributed by atoms with Crippen LogP contribution in [0.1, 0.15) is 53.4 Å². The van der Waals surface area contributed by atoms with Gasteiger partial charge in [-0.05, 0) is 54.4 Å². The first kappa shape index (κ1) is 16.6. The lowest BCUT2D eigenvalue weighted by atomic mass is 9.85. The highest BCUT2D eigenvalue weighted by atomic mass is 28.3. The largest absolute Gasteiger partial charge is 0.129 e. The van der Waals surface area contributed by atoms with Crippen LogP contribution in [0.4, 0.5) is 0 Å². The summed E-state index contributed by atoms with van der Waals surface area (Å²) in [5, 5.41) is 0. The summed E-state index contributed by atoms with van der Waals surface area (Å²) in [6.45, 7) is 13.9. The van der Waals surface area contributed by atoms with Crippen LogP contribution in [0.2, 0.25) is 39.3 Å². The van der Waals surface area contributed by atoms with Crippen molar-refractivity contribution in [3.8, 4) is 22.9 Å². The van der Waals surface area contributed by atoms with E-state index in [0.717, 1.165) is 11.8 Å². The summed E-state index contributed by atoms with van der Waals surface area (Å²) in [6.07, 6.45) is 4.04. The van der Waals surface area contributed by atoms with Gasteiger partial charge in [-0.2, -0.15) is 0 Å². The van der Waals surface area contributed by atoms with Crippen LogP contribution in [0.25, 0.3) is 0 Å². The van der Waals surface area contributed by atoms with Gasteiger partial charge < -0.3 is 0 Å². The summed E-state index contributed by atoms with van der Waals surface area (Å²) in [6, 6.07) is 4.50. The minimum absolute atomic E-state index is 0.745. The molecule has 2 atom stereocenters. The third kappa shape index (κ3) is 3.65. The highest BCUT2D eigenvalue weighted by Crippen LogP contribution is 2.55. The molecule has 0 spiro atoms. The topological polar surface area (TPSA) is 0 Å². The van der Waals surface area contributed by atoms with E-state index in [9.17, 15) is 0 Å². The highest BCUT2D eigenvalue weighted by Gasteiger charge is 2.39. The van der Waals surface area contributed by atoms with E-state index in [0.29, 0.717) is 0 Å². The van der Waals surface area contributed by atoms with Gasteiger partial charge in [0.05, 0.1) is 0 Å². The zero-order chi connectivity index (χ0) is 16.8.